The molecule has 0 unspecified atom stereocenters. The van der Waals surface area contributed by atoms with Gasteiger partial charge in [-0.2, -0.15) is 0 Å². The van der Waals surface area contributed by atoms with E-state index in [1.54, 1.807) is 0 Å². The molecule has 0 aliphatic rings. The SMILES string of the molecule is C=C(Nc1cccc2cc(Cc3ccnc4cc(C)c(C)cc34)ccc12)c1ccc(Cl)cc1. The van der Waals surface area contributed by atoms with Crippen LogP contribution < -0.4 is 5.32 Å². The van der Waals surface area contributed by atoms with Crippen LogP contribution in [-0.2, 0) is 6.42 Å². The van der Waals surface area contributed by atoms with Crippen LogP contribution in [0, 0.1) is 13.8 Å². The third-order valence-corrected chi connectivity index (χ3v) is 6.52. The maximum absolute atomic E-state index is 6.02. The number of fused-ring (bicyclic) bond motifs is 2. The molecule has 0 aliphatic heterocycles. The molecule has 33 heavy (non-hydrogen) atoms. The number of nitrogens with zero attached hydrogens (tertiary/aromatic N) is 1. The van der Waals surface area contributed by atoms with Gasteiger partial charge in [0.15, 0.2) is 0 Å². The lowest BCUT2D eigenvalue weighted by atomic mass is 9.96. The average Bonchev–Trinajstić information content (AvgIpc) is 2.81. The summed E-state index contributed by atoms with van der Waals surface area (Å²) in [6, 6.07) is 27.3. The van der Waals surface area contributed by atoms with Crippen molar-refractivity contribution in [3.63, 3.8) is 0 Å². The smallest absolute Gasteiger partial charge is 0.0707 e. The van der Waals surface area contributed by atoms with Crippen LogP contribution in [-0.4, -0.2) is 4.98 Å². The van der Waals surface area contributed by atoms with Crippen LogP contribution in [0.25, 0.3) is 27.4 Å². The van der Waals surface area contributed by atoms with Crippen molar-refractivity contribution in [3.8, 4) is 0 Å². The van der Waals surface area contributed by atoms with Gasteiger partial charge in [-0.05, 0) is 89.9 Å². The maximum Gasteiger partial charge on any atom is 0.0707 e. The van der Waals surface area contributed by atoms with Crippen molar-refractivity contribution in [2.75, 3.05) is 5.32 Å². The van der Waals surface area contributed by atoms with Gasteiger partial charge in [-0.15, -0.1) is 0 Å². The Kier molecular flexibility index (Phi) is 5.62. The molecule has 1 aromatic heterocycles. The van der Waals surface area contributed by atoms with E-state index in [0.717, 1.165) is 33.9 Å². The topological polar surface area (TPSA) is 24.9 Å². The molecular formula is C30H25ClN2. The van der Waals surface area contributed by atoms with E-state index in [-0.39, 0.29) is 0 Å². The molecule has 2 nitrogen and oxygen atoms in total. The van der Waals surface area contributed by atoms with Gasteiger partial charge in [0.25, 0.3) is 0 Å². The van der Waals surface area contributed by atoms with Gasteiger partial charge >= 0.3 is 0 Å². The van der Waals surface area contributed by atoms with Gasteiger partial charge in [0, 0.05) is 33.4 Å². The average molecular weight is 449 g/mol. The van der Waals surface area contributed by atoms with E-state index < -0.39 is 0 Å². The van der Waals surface area contributed by atoms with Crippen LogP contribution in [0.1, 0.15) is 27.8 Å². The van der Waals surface area contributed by atoms with Crippen molar-refractivity contribution in [2.45, 2.75) is 20.3 Å². The predicted octanol–water partition coefficient (Wildman–Crippen LogP) is 8.33. The van der Waals surface area contributed by atoms with E-state index in [0.29, 0.717) is 0 Å². The zero-order valence-corrected chi connectivity index (χ0v) is 19.6. The molecule has 0 bridgehead atoms. The quantitative estimate of drug-likeness (QED) is 0.292. The summed E-state index contributed by atoms with van der Waals surface area (Å²) in [7, 11) is 0. The molecule has 0 fully saturated rings. The Labute approximate surface area is 199 Å². The number of nitrogens with one attached hydrogen (secondary N) is 1. The van der Waals surface area contributed by atoms with Crippen molar-refractivity contribution >= 4 is 44.7 Å². The summed E-state index contributed by atoms with van der Waals surface area (Å²) in [6.07, 6.45) is 2.78. The van der Waals surface area contributed by atoms with Crippen LogP contribution in [0.4, 0.5) is 5.69 Å². The van der Waals surface area contributed by atoms with Crippen molar-refractivity contribution in [1.82, 2.24) is 4.98 Å². The summed E-state index contributed by atoms with van der Waals surface area (Å²) in [5.74, 6) is 0. The number of aromatic nitrogens is 1. The highest BCUT2D eigenvalue weighted by Gasteiger charge is 2.08. The molecule has 4 aromatic carbocycles. The normalized spacial score (nSPS) is 11.1. The Bertz CT molecular complexity index is 1500. The van der Waals surface area contributed by atoms with Gasteiger partial charge in [-0.3, -0.25) is 4.98 Å². The van der Waals surface area contributed by atoms with Crippen LogP contribution in [0.5, 0.6) is 0 Å². The Hall–Kier alpha value is -3.62. The summed E-state index contributed by atoms with van der Waals surface area (Å²) in [5, 5.41) is 7.80. The molecule has 0 spiro atoms. The Morgan fingerprint density at radius 2 is 1.67 bits per heavy atom. The van der Waals surface area contributed by atoms with Crippen LogP contribution >= 0.6 is 11.6 Å². The van der Waals surface area contributed by atoms with Crippen LogP contribution in [0.3, 0.4) is 0 Å². The second-order valence-corrected chi connectivity index (χ2v) is 9.01. The van der Waals surface area contributed by atoms with E-state index in [1.807, 2.05) is 30.5 Å². The van der Waals surface area contributed by atoms with Gasteiger partial charge < -0.3 is 5.32 Å². The Balaban J connectivity index is 1.45. The molecule has 0 saturated carbocycles. The maximum atomic E-state index is 6.02. The van der Waals surface area contributed by atoms with Gasteiger partial charge in [-0.1, -0.05) is 60.6 Å². The van der Waals surface area contributed by atoms with E-state index in [2.05, 4.69) is 85.3 Å². The number of benzene rings is 4. The Morgan fingerprint density at radius 1 is 0.879 bits per heavy atom. The summed E-state index contributed by atoms with van der Waals surface area (Å²) < 4.78 is 0. The van der Waals surface area contributed by atoms with E-state index in [4.69, 9.17) is 11.6 Å². The second-order valence-electron chi connectivity index (χ2n) is 8.57. The monoisotopic (exact) mass is 448 g/mol. The minimum atomic E-state index is 0.719. The molecule has 5 aromatic rings. The number of aryl methyl sites for hydroxylation is 2. The van der Waals surface area contributed by atoms with Crippen LogP contribution in [0.2, 0.25) is 5.02 Å². The summed E-state index contributed by atoms with van der Waals surface area (Å²) in [4.78, 5) is 4.58. The lowest BCUT2D eigenvalue weighted by molar-refractivity contribution is 1.20. The Morgan fingerprint density at radius 3 is 2.48 bits per heavy atom. The van der Waals surface area contributed by atoms with Crippen molar-refractivity contribution in [2.24, 2.45) is 0 Å². The second kappa shape index (κ2) is 8.73. The molecule has 5 rings (SSSR count). The van der Waals surface area contributed by atoms with Gasteiger partial charge in [-0.25, -0.2) is 0 Å². The zero-order valence-electron chi connectivity index (χ0n) is 18.8. The lowest BCUT2D eigenvalue weighted by Crippen LogP contribution is -1.98. The number of rotatable bonds is 5. The zero-order chi connectivity index (χ0) is 22.9. The predicted molar refractivity (Wildman–Crippen MR) is 142 cm³/mol. The minimum absolute atomic E-state index is 0.719. The molecule has 0 aliphatic carbocycles. The summed E-state index contributed by atoms with van der Waals surface area (Å²) >= 11 is 6.02. The van der Waals surface area contributed by atoms with Crippen LogP contribution in [0.15, 0.2) is 91.6 Å². The number of hydrogen-bond donors (Lipinski definition) is 1. The highest BCUT2D eigenvalue weighted by molar-refractivity contribution is 6.30. The van der Waals surface area contributed by atoms with E-state index >= 15 is 0 Å². The van der Waals surface area contributed by atoms with Crippen molar-refractivity contribution in [1.29, 1.82) is 0 Å². The molecule has 0 atom stereocenters. The third kappa shape index (κ3) is 4.35. The van der Waals surface area contributed by atoms with Gasteiger partial charge in [0.05, 0.1) is 5.52 Å². The highest BCUT2D eigenvalue weighted by atomic mass is 35.5. The first-order chi connectivity index (χ1) is 16.0. The summed E-state index contributed by atoms with van der Waals surface area (Å²) in [6.45, 7) is 8.51. The fraction of sp³-hybridized carbons (Fsp3) is 0.100. The first-order valence-electron chi connectivity index (χ1n) is 11.1. The molecule has 1 N–H and O–H groups in total. The van der Waals surface area contributed by atoms with Crippen molar-refractivity contribution < 1.29 is 0 Å². The molecule has 0 amide bonds. The largest absolute Gasteiger partial charge is 0.355 e. The number of halogens is 1. The van der Waals surface area contributed by atoms with E-state index in [1.165, 1.54) is 38.4 Å². The van der Waals surface area contributed by atoms with Crippen molar-refractivity contribution in [3.05, 3.63) is 124 Å². The molecule has 1 heterocycles. The summed E-state index contributed by atoms with van der Waals surface area (Å²) in [5.41, 5.74) is 9.11. The fourth-order valence-corrected chi connectivity index (χ4v) is 4.40. The fourth-order valence-electron chi connectivity index (χ4n) is 4.27. The van der Waals surface area contributed by atoms with Gasteiger partial charge in [0.2, 0.25) is 0 Å². The van der Waals surface area contributed by atoms with E-state index in [9.17, 15) is 0 Å². The lowest BCUT2D eigenvalue weighted by Gasteiger charge is -2.14. The number of pyridine rings is 1. The molecule has 162 valence electrons. The van der Waals surface area contributed by atoms with Gasteiger partial charge in [0.1, 0.15) is 0 Å². The first kappa shape index (κ1) is 21.2. The molecule has 0 radical (unpaired) electrons. The molecule has 0 saturated heterocycles. The number of anilines is 1. The third-order valence-electron chi connectivity index (χ3n) is 6.26. The minimum Gasteiger partial charge on any atom is -0.355 e. The number of hydrogen-bond acceptors (Lipinski definition) is 2. The molecule has 3 heteroatoms. The first-order valence-corrected chi connectivity index (χ1v) is 11.4. The highest BCUT2D eigenvalue weighted by Crippen LogP contribution is 2.29. The molecular weight excluding hydrogens is 424 g/mol. The standard InChI is InChI=1S/C30H25ClN2/c1-19-15-28-25(13-14-32-30(28)16-20(19)2)18-22-7-12-27-24(17-22)5-4-6-29(27)33-21(3)23-8-10-26(31)11-9-23/h4-17,33H,3,18H2,1-2H3.